The lowest BCUT2D eigenvalue weighted by Crippen LogP contribution is -2.53. The highest BCUT2D eigenvalue weighted by Crippen LogP contribution is 2.04. The van der Waals surface area contributed by atoms with Gasteiger partial charge in [-0.1, -0.05) is 6.42 Å². The molecule has 1 heterocycles. The molecule has 1 saturated heterocycles. The van der Waals surface area contributed by atoms with Crippen LogP contribution in [0.4, 0.5) is 0 Å². The van der Waals surface area contributed by atoms with E-state index in [-0.39, 0.29) is 0 Å². The van der Waals surface area contributed by atoms with Crippen LogP contribution in [-0.4, -0.2) is 26.5 Å². The number of hydrazine groups is 2. The minimum atomic E-state index is -3.63. The summed E-state index contributed by atoms with van der Waals surface area (Å²) in [6.45, 7) is 1.70. The van der Waals surface area contributed by atoms with Gasteiger partial charge in [0.1, 0.15) is 0 Å². The molecule has 0 aromatic rings. The van der Waals surface area contributed by atoms with Crippen LogP contribution in [0.1, 0.15) is 19.3 Å². The Hall–Kier alpha value is -0.210. The zero-order valence-corrected chi connectivity index (χ0v) is 7.60. The monoisotopic (exact) mass is 194 g/mol. The number of nitrogens with zero attached hydrogens (tertiary/aromatic N) is 1. The van der Waals surface area contributed by atoms with Gasteiger partial charge in [-0.15, -0.1) is 4.83 Å². The molecule has 1 fully saturated rings. The Morgan fingerprint density at radius 2 is 1.75 bits per heavy atom. The molecule has 12 heavy (non-hydrogen) atoms. The Balaban J connectivity index is 2.22. The van der Waals surface area contributed by atoms with Crippen LogP contribution in [0.2, 0.25) is 0 Å². The standard InChI is InChI=1S/C5H14N4O2S/c6-12(10,11)8-7-9-4-2-1-3-5-9/h7-8H,1-5H2,(H2,6,10,11). The summed E-state index contributed by atoms with van der Waals surface area (Å²) in [5.41, 5.74) is 2.53. The van der Waals surface area contributed by atoms with Crippen molar-refractivity contribution >= 4 is 10.2 Å². The maximum absolute atomic E-state index is 10.5. The van der Waals surface area contributed by atoms with Crippen molar-refractivity contribution in [3.05, 3.63) is 0 Å². The average molecular weight is 194 g/mol. The van der Waals surface area contributed by atoms with E-state index in [0.717, 1.165) is 25.9 Å². The predicted octanol–water partition coefficient (Wildman–Crippen LogP) is -1.31. The summed E-state index contributed by atoms with van der Waals surface area (Å²) in [6.07, 6.45) is 3.37. The summed E-state index contributed by atoms with van der Waals surface area (Å²) < 4.78 is 20.9. The van der Waals surface area contributed by atoms with Crippen molar-refractivity contribution in [2.45, 2.75) is 19.3 Å². The molecule has 0 spiro atoms. The zero-order valence-electron chi connectivity index (χ0n) is 6.78. The van der Waals surface area contributed by atoms with Crippen molar-refractivity contribution < 1.29 is 8.42 Å². The fourth-order valence-corrected chi connectivity index (χ4v) is 1.39. The number of piperidine rings is 1. The van der Waals surface area contributed by atoms with Gasteiger partial charge < -0.3 is 0 Å². The van der Waals surface area contributed by atoms with Crippen molar-refractivity contribution in [3.63, 3.8) is 0 Å². The Labute approximate surface area is 72.2 Å². The summed E-state index contributed by atoms with van der Waals surface area (Å²) in [4.78, 5) is 2.02. The molecule has 0 aromatic heterocycles. The zero-order chi connectivity index (χ0) is 9.03. The van der Waals surface area contributed by atoms with Crippen LogP contribution >= 0.6 is 0 Å². The van der Waals surface area contributed by atoms with Crippen LogP contribution in [0.5, 0.6) is 0 Å². The molecule has 0 bridgehead atoms. The maximum atomic E-state index is 10.5. The highest BCUT2D eigenvalue weighted by atomic mass is 32.2. The van der Waals surface area contributed by atoms with Crippen molar-refractivity contribution in [2.75, 3.05) is 13.1 Å². The van der Waals surface area contributed by atoms with Gasteiger partial charge in [0.15, 0.2) is 0 Å². The first-order valence-corrected chi connectivity index (χ1v) is 5.43. The van der Waals surface area contributed by atoms with E-state index in [9.17, 15) is 8.42 Å². The molecule has 0 atom stereocenters. The van der Waals surface area contributed by atoms with Gasteiger partial charge in [0, 0.05) is 13.1 Å². The smallest absolute Gasteiger partial charge is 0.230 e. The van der Waals surface area contributed by atoms with E-state index in [0.29, 0.717) is 0 Å². The fraction of sp³-hybridized carbons (Fsp3) is 1.00. The third-order valence-corrected chi connectivity index (χ3v) is 2.08. The molecule has 1 aliphatic heterocycles. The molecule has 0 aromatic carbocycles. The molecule has 0 aliphatic carbocycles. The summed E-state index contributed by atoms with van der Waals surface area (Å²) in [6, 6.07) is 0. The van der Waals surface area contributed by atoms with Crippen LogP contribution in [0.3, 0.4) is 0 Å². The fourth-order valence-electron chi connectivity index (χ4n) is 1.13. The topological polar surface area (TPSA) is 87.5 Å². The number of hydrogen-bond donors (Lipinski definition) is 3. The van der Waals surface area contributed by atoms with Crippen molar-refractivity contribution in [3.8, 4) is 0 Å². The third-order valence-electron chi connectivity index (χ3n) is 1.70. The molecule has 6 nitrogen and oxygen atoms in total. The lowest BCUT2D eigenvalue weighted by atomic mass is 10.2. The van der Waals surface area contributed by atoms with E-state index in [2.05, 4.69) is 5.53 Å². The Morgan fingerprint density at radius 1 is 1.17 bits per heavy atom. The first kappa shape index (κ1) is 9.87. The molecule has 0 unspecified atom stereocenters. The summed E-state index contributed by atoms with van der Waals surface area (Å²) in [7, 11) is -3.63. The summed E-state index contributed by atoms with van der Waals surface area (Å²) in [5, 5.41) is 6.52. The predicted molar refractivity (Wildman–Crippen MR) is 44.8 cm³/mol. The van der Waals surface area contributed by atoms with Gasteiger partial charge in [-0.2, -0.15) is 14.0 Å². The molecule has 0 amide bonds. The second kappa shape index (κ2) is 4.15. The molecule has 7 heteroatoms. The number of rotatable bonds is 3. The Kier molecular flexibility index (Phi) is 3.41. The number of nitrogens with two attached hydrogens (primary N) is 1. The molecule has 1 aliphatic rings. The second-order valence-corrected chi connectivity index (χ2v) is 4.10. The van der Waals surface area contributed by atoms with Gasteiger partial charge in [0.05, 0.1) is 0 Å². The molecular formula is C5H14N4O2S. The van der Waals surface area contributed by atoms with E-state index >= 15 is 0 Å². The van der Waals surface area contributed by atoms with Gasteiger partial charge in [0.25, 0.3) is 10.2 Å². The van der Waals surface area contributed by atoms with Gasteiger partial charge in [-0.05, 0) is 12.8 Å². The van der Waals surface area contributed by atoms with Crippen molar-refractivity contribution in [1.29, 1.82) is 0 Å². The van der Waals surface area contributed by atoms with E-state index in [4.69, 9.17) is 5.14 Å². The van der Waals surface area contributed by atoms with Crippen LogP contribution in [0.15, 0.2) is 0 Å². The van der Waals surface area contributed by atoms with E-state index in [1.165, 1.54) is 6.42 Å². The number of nitrogens with one attached hydrogen (secondary N) is 2. The minimum absolute atomic E-state index is 0.850. The molecule has 0 radical (unpaired) electrons. The largest absolute Gasteiger partial charge is 0.288 e. The third kappa shape index (κ3) is 3.98. The van der Waals surface area contributed by atoms with Gasteiger partial charge >= 0.3 is 0 Å². The van der Waals surface area contributed by atoms with Crippen LogP contribution in [0.25, 0.3) is 0 Å². The maximum Gasteiger partial charge on any atom is 0.288 e. The van der Waals surface area contributed by atoms with E-state index in [1.54, 1.807) is 5.01 Å². The Bertz CT molecular complexity index is 222. The van der Waals surface area contributed by atoms with Crippen LogP contribution in [0, 0.1) is 0 Å². The highest BCUT2D eigenvalue weighted by molar-refractivity contribution is 7.87. The molecule has 0 saturated carbocycles. The first-order valence-electron chi connectivity index (χ1n) is 3.88. The highest BCUT2D eigenvalue weighted by Gasteiger charge is 2.10. The van der Waals surface area contributed by atoms with Gasteiger partial charge in [0.2, 0.25) is 0 Å². The first-order chi connectivity index (χ1) is 5.58. The molecule has 72 valence electrons. The molecule has 1 rings (SSSR count). The van der Waals surface area contributed by atoms with Crippen LogP contribution < -0.4 is 15.5 Å². The number of hydrogen-bond acceptors (Lipinski definition) is 4. The summed E-state index contributed by atoms with van der Waals surface area (Å²) >= 11 is 0. The van der Waals surface area contributed by atoms with E-state index < -0.39 is 10.2 Å². The summed E-state index contributed by atoms with van der Waals surface area (Å²) in [5.74, 6) is 0. The van der Waals surface area contributed by atoms with Crippen LogP contribution in [-0.2, 0) is 10.2 Å². The lowest BCUT2D eigenvalue weighted by Gasteiger charge is -2.26. The minimum Gasteiger partial charge on any atom is -0.230 e. The van der Waals surface area contributed by atoms with Gasteiger partial charge in [-0.25, -0.2) is 10.1 Å². The normalized spacial score (nSPS) is 21.1. The Morgan fingerprint density at radius 3 is 2.25 bits per heavy atom. The second-order valence-electron chi connectivity index (χ2n) is 2.81. The molecule has 4 N–H and O–H groups in total. The average Bonchev–Trinajstić information content (AvgIpc) is 2.02. The molecular weight excluding hydrogens is 180 g/mol. The van der Waals surface area contributed by atoms with Gasteiger partial charge in [-0.3, -0.25) is 0 Å². The van der Waals surface area contributed by atoms with Crippen molar-refractivity contribution in [1.82, 2.24) is 15.4 Å². The van der Waals surface area contributed by atoms with Crippen molar-refractivity contribution in [2.24, 2.45) is 5.14 Å². The van der Waals surface area contributed by atoms with E-state index in [1.807, 2.05) is 4.83 Å². The lowest BCUT2D eigenvalue weighted by molar-refractivity contribution is 0.143. The SMILES string of the molecule is NS(=O)(=O)NNN1CCCCC1. The quantitative estimate of drug-likeness (QED) is 0.487.